The van der Waals surface area contributed by atoms with Gasteiger partial charge >= 0.3 is 46.0 Å². The number of benzene rings is 7. The predicted octanol–water partition coefficient (Wildman–Crippen LogP) is 4.59. The molecule has 0 unspecified atom stereocenters. The maximum Gasteiger partial charge on any atom is 2.00 e. The van der Waals surface area contributed by atoms with Gasteiger partial charge in [-0.3, -0.25) is 0 Å². The Labute approximate surface area is 354 Å². The van der Waals surface area contributed by atoms with Crippen LogP contribution in [0, 0.1) is 13.0 Å². The molecule has 7 rings (SSSR count). The van der Waals surface area contributed by atoms with Crippen molar-refractivity contribution in [2.75, 3.05) is 0 Å². The Morgan fingerprint density at radius 2 is 0.815 bits per heavy atom. The number of hydrogen-bond acceptors (Lipinski definition) is 4. The topological polar surface area (TPSA) is 80.3 Å². The third kappa shape index (κ3) is 13.3. The van der Waals surface area contributed by atoms with Gasteiger partial charge in [0.2, 0.25) is 0 Å². The third-order valence-electron chi connectivity index (χ3n) is 7.63. The van der Waals surface area contributed by atoms with Crippen molar-refractivity contribution in [3.8, 4) is 0 Å². The molecule has 0 amide bonds. The maximum atomic E-state index is 13.1. The first-order chi connectivity index (χ1) is 25.3. The van der Waals surface area contributed by atoms with Crippen molar-refractivity contribution in [3.05, 3.63) is 228 Å². The first-order valence-electron chi connectivity index (χ1n) is 16.5. The van der Waals surface area contributed by atoms with E-state index < -0.39 is 36.4 Å². The first-order valence-corrected chi connectivity index (χ1v) is 20.6. The molecule has 0 atom stereocenters. The summed E-state index contributed by atoms with van der Waals surface area (Å²) >= 11 is 0. The van der Waals surface area contributed by atoms with Gasteiger partial charge in [0.25, 0.3) is 0 Å². The van der Waals surface area contributed by atoms with Crippen molar-refractivity contribution in [2.45, 2.75) is 6.92 Å². The van der Waals surface area contributed by atoms with E-state index in [0.29, 0.717) is 10.6 Å². The Hall–Kier alpha value is -3.66. The van der Waals surface area contributed by atoms with E-state index in [4.69, 9.17) is 0 Å². The summed E-state index contributed by atoms with van der Waals surface area (Å²) in [6.45, 7) is 1.87. The average molecular weight is 817 g/mol. The largest absolute Gasteiger partial charge is 2.00 e. The Morgan fingerprint density at radius 3 is 1.09 bits per heavy atom. The zero-order chi connectivity index (χ0) is 36.6. The van der Waals surface area contributed by atoms with E-state index in [-0.39, 0.29) is 51.6 Å². The van der Waals surface area contributed by atoms with Gasteiger partial charge in [0.05, 0.1) is 4.65 Å². The summed E-state index contributed by atoms with van der Waals surface area (Å²) < 4.78 is 36.0. The molecule has 0 aliphatic heterocycles. The molecule has 7 aromatic rings. The number of aryl methyl sites for hydroxylation is 1. The van der Waals surface area contributed by atoms with Crippen LogP contribution in [0.3, 0.4) is 0 Å². The van der Waals surface area contributed by atoms with Crippen LogP contribution in [0.5, 0.6) is 0 Å². The zero-order valence-electron chi connectivity index (χ0n) is 29.9. The van der Waals surface area contributed by atoms with Crippen molar-refractivity contribution in [2.24, 2.45) is 0 Å². The van der Waals surface area contributed by atoms with Gasteiger partial charge in [-0.25, -0.2) is 8.42 Å². The maximum absolute atomic E-state index is 13.1. The summed E-state index contributed by atoms with van der Waals surface area (Å²) in [4.78, 5) is 0. The molecule has 9 heteroatoms. The van der Waals surface area contributed by atoms with Gasteiger partial charge in [-0.15, -0.1) is 0 Å². The molecule has 0 aromatic heterocycles. The van der Waals surface area contributed by atoms with E-state index in [9.17, 15) is 18.1 Å². The van der Waals surface area contributed by atoms with Crippen LogP contribution in [-0.2, 0) is 26.6 Å². The summed E-state index contributed by atoms with van der Waals surface area (Å²) in [6.07, 6.45) is 0. The molecular weight excluding hydrogens is 780 g/mol. The van der Waals surface area contributed by atoms with Gasteiger partial charge < -0.3 is 9.66 Å². The average Bonchev–Trinajstić information content (AvgIpc) is 3.20. The van der Waals surface area contributed by atoms with Crippen LogP contribution in [0.4, 0.5) is 0 Å². The number of hydrogen-bond donors (Lipinski definition) is 0. The van der Waals surface area contributed by atoms with Crippen molar-refractivity contribution in [1.29, 1.82) is 0 Å². The van der Waals surface area contributed by atoms with Crippen molar-refractivity contribution < 1.29 is 64.1 Å². The molecule has 0 aliphatic carbocycles. The third-order valence-corrected chi connectivity index (χ3v) is 14.2. The molecule has 268 valence electrons. The molecule has 0 spiro atoms. The Kier molecular flexibility index (Phi) is 19.3. The Balaban J connectivity index is 0.000000252. The van der Waals surface area contributed by atoms with Crippen LogP contribution in [0.2, 0.25) is 0 Å². The molecule has 0 fully saturated rings. The Bertz CT molecular complexity index is 2060. The van der Waals surface area contributed by atoms with E-state index in [1.165, 1.54) is 15.9 Å². The van der Waals surface area contributed by atoms with Gasteiger partial charge in [0, 0.05) is 0 Å². The second-order valence-corrected chi connectivity index (χ2v) is 17.4. The molecule has 0 saturated carbocycles. The molecular formula is C45H37NaNiO4P2S. The van der Waals surface area contributed by atoms with Crippen molar-refractivity contribution >= 4 is 58.2 Å². The molecule has 54 heavy (non-hydrogen) atoms. The van der Waals surface area contributed by atoms with Crippen LogP contribution in [-0.4, -0.2) is 13.0 Å². The molecule has 0 saturated heterocycles. The molecule has 0 aliphatic rings. The minimum atomic E-state index is -4.97. The predicted molar refractivity (Wildman–Crippen MR) is 217 cm³/mol. The smallest absolute Gasteiger partial charge is 0.871 e. The molecule has 0 N–H and O–H groups in total. The standard InChI is InChI=1S/C21H19O4PS.C18H15P.C6H5.Na.Ni/c1-16-12-14-17(15-13-16)20(22)21(27(23,24)25)26(18-8-4-2-5-9-18)19-10-6-3-7-11-19;1-4-10-16(11-5-1)19(17-12-6-2-7-13-17)18-14-8-3-9-15-18;1-2-4-6-5-3-1;;/h2-15,22H,1H3,(H,23,24,25);1-15H;1-5H;;/q;;-1;+1;+2/p-2/b21-20-;;;;. The zero-order valence-corrected chi connectivity index (χ0v) is 35.5. The van der Waals surface area contributed by atoms with Gasteiger partial charge in [-0.05, 0) is 54.9 Å². The molecule has 0 radical (unpaired) electrons. The van der Waals surface area contributed by atoms with E-state index >= 15 is 0 Å². The van der Waals surface area contributed by atoms with Gasteiger partial charge in [-0.2, -0.15) is 36.4 Å². The second kappa shape index (κ2) is 23.3. The van der Waals surface area contributed by atoms with Crippen LogP contribution in [0.25, 0.3) is 5.76 Å². The summed E-state index contributed by atoms with van der Waals surface area (Å²) in [6, 6.07) is 69.0. The summed E-state index contributed by atoms with van der Waals surface area (Å²) in [5.74, 6) is -0.746. The van der Waals surface area contributed by atoms with Crippen LogP contribution >= 0.6 is 15.8 Å². The SMILES string of the molecule is Cc1ccc(/C([O-])=C(\P(c2ccccc2)c2ccccc2)S(=O)(=O)[O-])cc1.[Na+].[Ni+2].[c-]1ccccc1.c1ccc(P(c2ccccc2)c2ccccc2)cc1. The normalized spacial score (nSPS) is 11.0. The molecule has 4 nitrogen and oxygen atoms in total. The molecule has 7 aromatic carbocycles. The number of rotatable bonds is 8. The van der Waals surface area contributed by atoms with Crippen molar-refractivity contribution in [1.82, 2.24) is 0 Å². The summed E-state index contributed by atoms with van der Waals surface area (Å²) in [7, 11) is -7.22. The van der Waals surface area contributed by atoms with Gasteiger partial charge in [0.15, 0.2) is 0 Å². The van der Waals surface area contributed by atoms with E-state index in [0.717, 1.165) is 5.56 Å². The molecule has 0 bridgehead atoms. The van der Waals surface area contributed by atoms with Crippen LogP contribution < -0.4 is 61.2 Å². The van der Waals surface area contributed by atoms with E-state index in [2.05, 4.69) is 97.1 Å². The quantitative estimate of drug-likeness (QED) is 0.0740. The second-order valence-electron chi connectivity index (χ2n) is 11.4. The Morgan fingerprint density at radius 1 is 0.500 bits per heavy atom. The van der Waals surface area contributed by atoms with E-state index in [1.807, 2.05) is 37.3 Å². The first kappa shape index (κ1) is 44.7. The van der Waals surface area contributed by atoms with Gasteiger partial charge in [0.1, 0.15) is 10.1 Å². The fourth-order valence-electron chi connectivity index (χ4n) is 5.21. The fourth-order valence-corrected chi connectivity index (χ4v) is 11.4. The van der Waals surface area contributed by atoms with Crippen molar-refractivity contribution in [3.63, 3.8) is 0 Å². The fraction of sp³-hybridized carbons (Fsp3) is 0.0222. The minimum Gasteiger partial charge on any atom is -0.871 e. The van der Waals surface area contributed by atoms with Crippen LogP contribution in [0.1, 0.15) is 11.1 Å². The molecule has 0 heterocycles. The monoisotopic (exact) mass is 816 g/mol. The van der Waals surface area contributed by atoms with E-state index in [1.54, 1.807) is 84.9 Å². The minimum absolute atomic E-state index is 0. The van der Waals surface area contributed by atoms with Crippen LogP contribution in [0.15, 0.2) is 211 Å². The van der Waals surface area contributed by atoms with Gasteiger partial charge in [-0.1, -0.05) is 187 Å². The summed E-state index contributed by atoms with van der Waals surface area (Å²) in [5, 5.41) is 18.6. The summed E-state index contributed by atoms with van der Waals surface area (Å²) in [5.41, 5.74) is 1.13.